The largest absolute Gasteiger partial charge is 0.497 e. The van der Waals surface area contributed by atoms with Gasteiger partial charge in [-0.2, -0.15) is 0 Å². The maximum absolute atomic E-state index is 13.6. The predicted octanol–water partition coefficient (Wildman–Crippen LogP) is 5.30. The zero-order valence-corrected chi connectivity index (χ0v) is 24.6. The van der Waals surface area contributed by atoms with Crippen molar-refractivity contribution in [3.63, 3.8) is 0 Å². The Labute approximate surface area is 249 Å². The Hall–Kier alpha value is -4.11. The summed E-state index contributed by atoms with van der Waals surface area (Å²) in [7, 11) is 1.58. The van der Waals surface area contributed by atoms with Gasteiger partial charge in [0.05, 0.1) is 23.8 Å². The zero-order chi connectivity index (χ0) is 29.3. The number of aromatic nitrogens is 2. The molecule has 0 unspecified atom stereocenters. The Morgan fingerprint density at radius 1 is 0.976 bits per heavy atom. The van der Waals surface area contributed by atoms with Crippen LogP contribution in [0, 0.1) is 11.8 Å². The van der Waals surface area contributed by atoms with E-state index in [0.29, 0.717) is 40.6 Å². The summed E-state index contributed by atoms with van der Waals surface area (Å²) in [5, 5.41) is 7.08. The molecule has 0 aliphatic heterocycles. The van der Waals surface area contributed by atoms with E-state index in [1.54, 1.807) is 29.9 Å². The molecule has 0 atom stereocenters. The molecule has 8 nitrogen and oxygen atoms in total. The van der Waals surface area contributed by atoms with Gasteiger partial charge in [0.15, 0.2) is 5.16 Å². The molecule has 0 saturated heterocycles. The highest BCUT2D eigenvalue weighted by Crippen LogP contribution is 2.31. The summed E-state index contributed by atoms with van der Waals surface area (Å²) in [6.45, 7) is 1.14. The maximum atomic E-state index is 13.6. The molecule has 1 aromatic heterocycles. The number of methoxy groups -OCH3 is 1. The number of ether oxygens (including phenoxy) is 1. The Bertz CT molecular complexity index is 1580. The highest BCUT2D eigenvalue weighted by atomic mass is 32.2. The van der Waals surface area contributed by atoms with Gasteiger partial charge in [0.1, 0.15) is 5.75 Å². The molecular formula is C33H36N4O4S. The number of para-hydroxylation sites is 1. The lowest BCUT2D eigenvalue weighted by molar-refractivity contribution is -0.126. The highest BCUT2D eigenvalue weighted by molar-refractivity contribution is 7.99. The first-order valence-electron chi connectivity index (χ1n) is 14.4. The Morgan fingerprint density at radius 2 is 1.74 bits per heavy atom. The van der Waals surface area contributed by atoms with E-state index in [2.05, 4.69) is 22.8 Å². The number of nitrogens with zero attached hydrogens (tertiary/aromatic N) is 2. The second-order valence-corrected chi connectivity index (χ2v) is 11.6. The van der Waals surface area contributed by atoms with Gasteiger partial charge >= 0.3 is 0 Å². The third-order valence-electron chi connectivity index (χ3n) is 7.73. The predicted molar refractivity (Wildman–Crippen MR) is 167 cm³/mol. The van der Waals surface area contributed by atoms with Crippen molar-refractivity contribution in [1.82, 2.24) is 14.9 Å². The third-order valence-corrected chi connectivity index (χ3v) is 8.70. The number of carbonyl (C=O) groups excluding carboxylic acids is 2. The summed E-state index contributed by atoms with van der Waals surface area (Å²) in [5.41, 5.74) is 2.37. The van der Waals surface area contributed by atoms with E-state index in [4.69, 9.17) is 9.72 Å². The topological polar surface area (TPSA) is 102 Å². The van der Waals surface area contributed by atoms with E-state index in [1.807, 2.05) is 48.5 Å². The molecule has 0 spiro atoms. The summed E-state index contributed by atoms with van der Waals surface area (Å²) < 4.78 is 6.95. The van der Waals surface area contributed by atoms with Crippen molar-refractivity contribution in [2.75, 3.05) is 24.7 Å². The minimum Gasteiger partial charge on any atom is -0.497 e. The lowest BCUT2D eigenvalue weighted by atomic mass is 9.81. The first kappa shape index (κ1) is 29.4. The van der Waals surface area contributed by atoms with Crippen LogP contribution in [0.25, 0.3) is 10.9 Å². The lowest BCUT2D eigenvalue weighted by Gasteiger charge is -2.28. The molecule has 1 aliphatic carbocycles. The van der Waals surface area contributed by atoms with Crippen LogP contribution in [0.1, 0.15) is 31.2 Å². The fourth-order valence-corrected chi connectivity index (χ4v) is 6.24. The molecule has 2 N–H and O–H groups in total. The van der Waals surface area contributed by atoms with Gasteiger partial charge in [-0.15, -0.1) is 0 Å². The number of hydrogen-bond donors (Lipinski definition) is 2. The van der Waals surface area contributed by atoms with Crippen molar-refractivity contribution in [2.24, 2.45) is 11.8 Å². The molecule has 1 saturated carbocycles. The third kappa shape index (κ3) is 7.59. The van der Waals surface area contributed by atoms with Crippen LogP contribution < -0.4 is 20.9 Å². The van der Waals surface area contributed by atoms with Crippen LogP contribution in [-0.2, 0) is 22.6 Å². The first-order valence-corrected chi connectivity index (χ1v) is 15.4. The van der Waals surface area contributed by atoms with Gasteiger partial charge < -0.3 is 15.4 Å². The number of hydrogen-bond acceptors (Lipinski definition) is 6. The number of thioether (sulfide) groups is 1. The molecule has 42 heavy (non-hydrogen) atoms. The Kier molecular flexibility index (Phi) is 9.92. The van der Waals surface area contributed by atoms with E-state index in [1.165, 1.54) is 17.3 Å². The molecule has 3 aromatic carbocycles. The van der Waals surface area contributed by atoms with Crippen molar-refractivity contribution in [3.8, 4) is 5.75 Å². The van der Waals surface area contributed by atoms with Crippen LogP contribution in [0.2, 0.25) is 0 Å². The second-order valence-electron chi connectivity index (χ2n) is 10.6. The van der Waals surface area contributed by atoms with E-state index in [9.17, 15) is 14.4 Å². The molecule has 4 aromatic rings. The van der Waals surface area contributed by atoms with Crippen molar-refractivity contribution >= 4 is 40.2 Å². The van der Waals surface area contributed by atoms with Crippen LogP contribution >= 0.6 is 11.8 Å². The van der Waals surface area contributed by atoms with E-state index in [0.717, 1.165) is 32.1 Å². The van der Waals surface area contributed by atoms with Gasteiger partial charge in [-0.25, -0.2) is 4.98 Å². The van der Waals surface area contributed by atoms with Crippen LogP contribution in [0.15, 0.2) is 88.8 Å². The Balaban J connectivity index is 1.20. The summed E-state index contributed by atoms with van der Waals surface area (Å²) >= 11 is 1.26. The second kappa shape index (κ2) is 14.2. The van der Waals surface area contributed by atoms with Crippen molar-refractivity contribution in [2.45, 2.75) is 43.8 Å². The van der Waals surface area contributed by atoms with Crippen LogP contribution in [-0.4, -0.2) is 40.8 Å². The molecule has 2 amide bonds. The summed E-state index contributed by atoms with van der Waals surface area (Å²) in [6, 6.07) is 24.6. The molecule has 0 radical (unpaired) electrons. The number of amides is 2. The molecule has 218 valence electrons. The quantitative estimate of drug-likeness (QED) is 0.183. The zero-order valence-electron chi connectivity index (χ0n) is 23.8. The van der Waals surface area contributed by atoms with E-state index >= 15 is 0 Å². The Morgan fingerprint density at radius 3 is 2.52 bits per heavy atom. The van der Waals surface area contributed by atoms with Gasteiger partial charge in [-0.3, -0.25) is 19.0 Å². The van der Waals surface area contributed by atoms with Gasteiger partial charge in [0.25, 0.3) is 5.56 Å². The fourth-order valence-electron chi connectivity index (χ4n) is 5.43. The number of rotatable bonds is 11. The molecule has 0 bridgehead atoms. The number of nitrogens with one attached hydrogen (secondary N) is 2. The highest BCUT2D eigenvalue weighted by Gasteiger charge is 2.27. The minimum absolute atomic E-state index is 0.00220. The van der Waals surface area contributed by atoms with Crippen molar-refractivity contribution in [3.05, 3.63) is 94.8 Å². The van der Waals surface area contributed by atoms with Gasteiger partial charge in [0.2, 0.25) is 11.8 Å². The van der Waals surface area contributed by atoms with Gasteiger partial charge in [-0.05, 0) is 67.9 Å². The number of anilines is 1. The molecule has 1 heterocycles. The summed E-state index contributed by atoms with van der Waals surface area (Å²) in [6.07, 6.45) is 4.12. The average molecular weight is 585 g/mol. The molecule has 5 rings (SSSR count). The SMILES string of the molecule is COc1cccc(NC(=O)CSc2nc3ccccc3c(=O)n2CC2CCC(C(=O)NCCc3ccccc3)CC2)c1. The van der Waals surface area contributed by atoms with E-state index in [-0.39, 0.29) is 35.0 Å². The van der Waals surface area contributed by atoms with E-state index < -0.39 is 0 Å². The standard InChI is InChI=1S/C33H36N4O4S/c1-41-27-11-7-10-26(20-27)35-30(38)22-42-33-36-29-13-6-5-12-28(29)32(40)37(33)21-24-14-16-25(17-15-24)31(39)34-19-18-23-8-3-2-4-9-23/h2-13,20,24-25H,14-19,21-22H2,1H3,(H,34,39)(H,35,38). The molecule has 1 aliphatic rings. The first-order chi connectivity index (χ1) is 20.5. The van der Waals surface area contributed by atoms with Crippen LogP contribution in [0.3, 0.4) is 0 Å². The summed E-state index contributed by atoms with van der Waals surface area (Å²) in [4.78, 5) is 43.9. The van der Waals surface area contributed by atoms with Crippen LogP contribution in [0.4, 0.5) is 5.69 Å². The maximum Gasteiger partial charge on any atom is 0.262 e. The van der Waals surface area contributed by atoms with Crippen molar-refractivity contribution in [1.29, 1.82) is 0 Å². The number of carbonyl (C=O) groups is 2. The summed E-state index contributed by atoms with van der Waals surface area (Å²) in [5.74, 6) is 0.942. The average Bonchev–Trinajstić information content (AvgIpc) is 3.02. The van der Waals surface area contributed by atoms with Gasteiger partial charge in [-0.1, -0.05) is 60.3 Å². The monoisotopic (exact) mass is 584 g/mol. The lowest BCUT2D eigenvalue weighted by Crippen LogP contribution is -2.35. The smallest absolute Gasteiger partial charge is 0.262 e. The van der Waals surface area contributed by atoms with Crippen LogP contribution in [0.5, 0.6) is 5.75 Å². The molecule has 1 fully saturated rings. The number of benzene rings is 3. The van der Waals surface area contributed by atoms with Gasteiger partial charge in [0, 0.05) is 30.8 Å². The molecular weight excluding hydrogens is 548 g/mol. The number of fused-ring (bicyclic) bond motifs is 1. The molecule has 9 heteroatoms. The van der Waals surface area contributed by atoms with Crippen molar-refractivity contribution < 1.29 is 14.3 Å². The minimum atomic E-state index is -0.194. The normalized spacial score (nSPS) is 16.6. The fraction of sp³-hybridized carbons (Fsp3) is 0.333.